The van der Waals surface area contributed by atoms with Crippen molar-refractivity contribution < 1.29 is 9.90 Å². The number of carbonyl (C=O) groups is 1. The number of benzene rings is 1. The van der Waals surface area contributed by atoms with Crippen molar-refractivity contribution in [3.63, 3.8) is 0 Å². The summed E-state index contributed by atoms with van der Waals surface area (Å²) in [5.41, 5.74) is 6.95. The number of aromatic nitrogens is 2. The highest BCUT2D eigenvalue weighted by atomic mass is 16.4. The van der Waals surface area contributed by atoms with Crippen molar-refractivity contribution in [1.29, 1.82) is 0 Å². The molecule has 1 aromatic heterocycles. The van der Waals surface area contributed by atoms with E-state index in [0.717, 1.165) is 14.9 Å². The number of hydrogen-bond donors (Lipinski definition) is 2. The number of carboxylic acid groups (broad SMARTS) is 1. The minimum Gasteiger partial charge on any atom is -0.463 e. The Balaban J connectivity index is 2.98. The van der Waals surface area contributed by atoms with Crippen molar-refractivity contribution in [3.05, 3.63) is 28.0 Å². The lowest BCUT2D eigenvalue weighted by molar-refractivity contribution is 0.190. The summed E-state index contributed by atoms with van der Waals surface area (Å²) in [6.45, 7) is 5.97. The van der Waals surface area contributed by atoms with E-state index in [-0.39, 0.29) is 10.8 Å². The normalized spacial score (nSPS) is 12.0. The van der Waals surface area contributed by atoms with Gasteiger partial charge in [0.2, 0.25) is 0 Å². The van der Waals surface area contributed by atoms with E-state index in [1.165, 1.54) is 7.05 Å². The zero-order chi connectivity index (χ0) is 14.5. The summed E-state index contributed by atoms with van der Waals surface area (Å²) in [4.78, 5) is 23.4. The van der Waals surface area contributed by atoms with Crippen molar-refractivity contribution in [2.24, 2.45) is 7.05 Å². The minimum absolute atomic E-state index is 0.214. The molecule has 2 aromatic rings. The van der Waals surface area contributed by atoms with E-state index in [9.17, 15) is 9.59 Å². The highest BCUT2D eigenvalue weighted by molar-refractivity contribution is 5.96. The first-order valence-corrected chi connectivity index (χ1v) is 5.90. The second kappa shape index (κ2) is 3.88. The molecule has 19 heavy (non-hydrogen) atoms. The zero-order valence-electron chi connectivity index (χ0n) is 11.4. The summed E-state index contributed by atoms with van der Waals surface area (Å²) in [6, 6.07) is 3.40. The molecule has 0 aliphatic heterocycles. The van der Waals surface area contributed by atoms with Gasteiger partial charge in [0.25, 0.3) is 5.56 Å². The molecule has 0 saturated heterocycles. The lowest BCUT2D eigenvalue weighted by atomic mass is 9.85. The predicted molar refractivity (Wildman–Crippen MR) is 73.7 cm³/mol. The van der Waals surface area contributed by atoms with Gasteiger partial charge in [0.1, 0.15) is 0 Å². The number of hydrogen-bond acceptors (Lipinski definition) is 3. The molecule has 0 spiro atoms. The second-order valence-electron chi connectivity index (χ2n) is 5.59. The molecule has 1 aromatic carbocycles. The maximum atomic E-state index is 12.2. The Morgan fingerprint density at radius 2 is 1.89 bits per heavy atom. The number of nitrogens with zero attached hydrogens (tertiary/aromatic N) is 2. The largest absolute Gasteiger partial charge is 0.463 e. The smallest absolute Gasteiger partial charge is 0.431 e. The second-order valence-corrected chi connectivity index (χ2v) is 5.59. The van der Waals surface area contributed by atoms with Gasteiger partial charge in [0.15, 0.2) is 0 Å². The van der Waals surface area contributed by atoms with Crippen LogP contribution in [-0.2, 0) is 12.5 Å². The molecule has 0 aliphatic rings. The van der Waals surface area contributed by atoms with Crippen LogP contribution in [0, 0.1) is 0 Å². The molecular formula is C13H17N3O3. The summed E-state index contributed by atoms with van der Waals surface area (Å²) in [5.74, 6) is 0. The Kier molecular flexibility index (Phi) is 2.69. The van der Waals surface area contributed by atoms with Crippen LogP contribution in [0.4, 0.5) is 10.5 Å². The van der Waals surface area contributed by atoms with Crippen molar-refractivity contribution in [2.75, 3.05) is 5.73 Å². The van der Waals surface area contributed by atoms with Crippen LogP contribution in [0.15, 0.2) is 16.9 Å². The molecule has 102 valence electrons. The summed E-state index contributed by atoms with van der Waals surface area (Å²) in [5, 5.41) is 9.42. The fourth-order valence-electron chi connectivity index (χ4n) is 2.31. The standard InChI is InChI=1S/C13H17N3O3/c1-13(2,3)7-5-6-8-9(10(7)14)11(17)15(4)16(8)12(18)19/h5-6H,14H2,1-4H3,(H,18,19). The number of nitrogen functional groups attached to an aromatic ring is 1. The molecular weight excluding hydrogens is 246 g/mol. The van der Waals surface area contributed by atoms with Crippen molar-refractivity contribution in [1.82, 2.24) is 9.36 Å². The van der Waals surface area contributed by atoms with Gasteiger partial charge in [-0.05, 0) is 17.0 Å². The van der Waals surface area contributed by atoms with Crippen LogP contribution in [0.5, 0.6) is 0 Å². The van der Waals surface area contributed by atoms with E-state index in [1.54, 1.807) is 12.1 Å². The molecule has 3 N–H and O–H groups in total. The average Bonchev–Trinajstić information content (AvgIpc) is 2.50. The number of anilines is 1. The monoisotopic (exact) mass is 263 g/mol. The Hall–Kier alpha value is -2.24. The molecule has 0 atom stereocenters. The Morgan fingerprint density at radius 1 is 1.32 bits per heavy atom. The lowest BCUT2D eigenvalue weighted by Crippen LogP contribution is -2.23. The van der Waals surface area contributed by atoms with Gasteiger partial charge in [0, 0.05) is 7.05 Å². The molecule has 0 bridgehead atoms. The van der Waals surface area contributed by atoms with Gasteiger partial charge in [0.05, 0.1) is 16.6 Å². The molecule has 6 heteroatoms. The molecule has 0 aliphatic carbocycles. The first kappa shape index (κ1) is 13.2. The Labute approximate surface area is 110 Å². The fourth-order valence-corrected chi connectivity index (χ4v) is 2.31. The van der Waals surface area contributed by atoms with E-state index in [4.69, 9.17) is 10.8 Å². The lowest BCUT2D eigenvalue weighted by Gasteiger charge is -2.21. The topological polar surface area (TPSA) is 90.2 Å². The predicted octanol–water partition coefficient (Wildman–Crippen LogP) is 1.75. The van der Waals surface area contributed by atoms with Gasteiger partial charge < -0.3 is 10.8 Å². The molecule has 6 nitrogen and oxygen atoms in total. The summed E-state index contributed by atoms with van der Waals surface area (Å²) < 4.78 is 1.95. The van der Waals surface area contributed by atoms with Crippen LogP contribution < -0.4 is 11.3 Å². The SMILES string of the molecule is Cn1c(=O)c2c(N)c(C(C)(C)C)ccc2n1C(=O)O. The summed E-state index contributed by atoms with van der Waals surface area (Å²) >= 11 is 0. The van der Waals surface area contributed by atoms with Gasteiger partial charge >= 0.3 is 6.09 Å². The van der Waals surface area contributed by atoms with E-state index >= 15 is 0 Å². The van der Waals surface area contributed by atoms with Crippen molar-refractivity contribution >= 4 is 22.7 Å². The number of nitrogens with two attached hydrogens (primary N) is 1. The van der Waals surface area contributed by atoms with E-state index in [0.29, 0.717) is 11.2 Å². The molecule has 1 heterocycles. The van der Waals surface area contributed by atoms with Gasteiger partial charge in [-0.3, -0.25) is 4.79 Å². The molecule has 0 amide bonds. The fraction of sp³-hybridized carbons (Fsp3) is 0.385. The third-order valence-electron chi connectivity index (χ3n) is 3.25. The summed E-state index contributed by atoms with van der Waals surface area (Å²) in [6.07, 6.45) is -1.21. The van der Waals surface area contributed by atoms with Crippen LogP contribution in [0.2, 0.25) is 0 Å². The number of rotatable bonds is 0. The third-order valence-corrected chi connectivity index (χ3v) is 3.25. The third kappa shape index (κ3) is 1.80. The first-order valence-electron chi connectivity index (χ1n) is 5.90. The van der Waals surface area contributed by atoms with E-state index in [2.05, 4.69) is 0 Å². The van der Waals surface area contributed by atoms with E-state index < -0.39 is 11.7 Å². The molecule has 0 radical (unpaired) electrons. The van der Waals surface area contributed by atoms with Crippen molar-refractivity contribution in [3.8, 4) is 0 Å². The maximum absolute atomic E-state index is 12.2. The van der Waals surface area contributed by atoms with Gasteiger partial charge in [-0.15, -0.1) is 0 Å². The van der Waals surface area contributed by atoms with Gasteiger partial charge in [-0.25, -0.2) is 9.48 Å². The minimum atomic E-state index is -1.21. The van der Waals surface area contributed by atoms with Crippen LogP contribution in [0.3, 0.4) is 0 Å². The van der Waals surface area contributed by atoms with Crippen LogP contribution in [0.25, 0.3) is 10.9 Å². The van der Waals surface area contributed by atoms with Crippen LogP contribution in [0.1, 0.15) is 26.3 Å². The highest BCUT2D eigenvalue weighted by Crippen LogP contribution is 2.32. The highest BCUT2D eigenvalue weighted by Gasteiger charge is 2.23. The maximum Gasteiger partial charge on any atom is 0.431 e. The molecule has 2 rings (SSSR count). The number of fused-ring (bicyclic) bond motifs is 1. The van der Waals surface area contributed by atoms with E-state index in [1.807, 2.05) is 20.8 Å². The van der Waals surface area contributed by atoms with Crippen molar-refractivity contribution in [2.45, 2.75) is 26.2 Å². The summed E-state index contributed by atoms with van der Waals surface area (Å²) in [7, 11) is 1.41. The quantitative estimate of drug-likeness (QED) is 0.708. The van der Waals surface area contributed by atoms with Gasteiger partial charge in [-0.1, -0.05) is 26.8 Å². The molecule has 0 fully saturated rings. The van der Waals surface area contributed by atoms with Crippen LogP contribution in [-0.4, -0.2) is 20.6 Å². The molecule has 0 unspecified atom stereocenters. The first-order chi connectivity index (χ1) is 8.66. The van der Waals surface area contributed by atoms with Crippen LogP contribution >= 0.6 is 0 Å². The molecule has 0 saturated carbocycles. The zero-order valence-corrected chi connectivity index (χ0v) is 11.4. The average molecular weight is 263 g/mol. The van der Waals surface area contributed by atoms with Gasteiger partial charge in [-0.2, -0.15) is 4.68 Å². The Morgan fingerprint density at radius 3 is 2.37 bits per heavy atom. The Bertz CT molecular complexity index is 732.